The Morgan fingerprint density at radius 1 is 1.16 bits per heavy atom. The van der Waals surface area contributed by atoms with Crippen molar-refractivity contribution in [2.75, 3.05) is 37.8 Å². The molecule has 0 radical (unpaired) electrons. The fraction of sp³-hybridized carbons (Fsp3) is 0.556. The molecule has 25 heavy (non-hydrogen) atoms. The Hall–Kier alpha value is -2.12. The first-order valence-corrected chi connectivity index (χ1v) is 8.79. The van der Waals surface area contributed by atoms with Crippen molar-refractivity contribution in [3.8, 4) is 5.75 Å². The summed E-state index contributed by atoms with van der Waals surface area (Å²) in [5, 5.41) is 0. The third kappa shape index (κ3) is 3.21. The van der Waals surface area contributed by atoms with E-state index in [2.05, 4.69) is 0 Å². The van der Waals surface area contributed by atoms with Crippen molar-refractivity contribution < 1.29 is 23.8 Å². The Morgan fingerprint density at radius 3 is 2.80 bits per heavy atom. The van der Waals surface area contributed by atoms with Gasteiger partial charge in [-0.25, -0.2) is 0 Å². The van der Waals surface area contributed by atoms with Gasteiger partial charge in [-0.05, 0) is 31.4 Å². The van der Waals surface area contributed by atoms with Gasteiger partial charge in [-0.3, -0.25) is 14.5 Å². The minimum atomic E-state index is -0.350. The summed E-state index contributed by atoms with van der Waals surface area (Å²) in [6.07, 6.45) is 2.53. The SMILES string of the molecule is O=C1COc2ccccc2N1CC(=O)N1CCCCC1C1OCCO1. The molecule has 0 N–H and O–H groups in total. The van der Waals surface area contributed by atoms with Crippen LogP contribution in [0.4, 0.5) is 5.69 Å². The molecule has 1 aromatic carbocycles. The number of rotatable bonds is 3. The molecule has 3 heterocycles. The highest BCUT2D eigenvalue weighted by molar-refractivity contribution is 6.02. The van der Waals surface area contributed by atoms with Crippen LogP contribution in [0.3, 0.4) is 0 Å². The summed E-state index contributed by atoms with van der Waals surface area (Å²) < 4.78 is 16.7. The zero-order chi connectivity index (χ0) is 17.2. The van der Waals surface area contributed by atoms with E-state index < -0.39 is 0 Å². The van der Waals surface area contributed by atoms with Crippen molar-refractivity contribution in [1.29, 1.82) is 0 Å². The number of para-hydroxylation sites is 2. The maximum absolute atomic E-state index is 13.0. The first kappa shape index (κ1) is 16.4. The Bertz CT molecular complexity index is 659. The number of fused-ring (bicyclic) bond motifs is 1. The van der Waals surface area contributed by atoms with Gasteiger partial charge in [-0.15, -0.1) is 0 Å². The molecule has 0 saturated carbocycles. The van der Waals surface area contributed by atoms with Gasteiger partial charge in [-0.2, -0.15) is 0 Å². The molecule has 2 saturated heterocycles. The van der Waals surface area contributed by atoms with Gasteiger partial charge in [0.05, 0.1) is 24.9 Å². The van der Waals surface area contributed by atoms with Crippen LogP contribution in [0.15, 0.2) is 24.3 Å². The molecule has 0 aromatic heterocycles. The maximum atomic E-state index is 13.0. The van der Waals surface area contributed by atoms with Gasteiger partial charge in [0.25, 0.3) is 5.91 Å². The van der Waals surface area contributed by atoms with E-state index in [1.807, 2.05) is 23.1 Å². The number of likely N-dealkylation sites (tertiary alicyclic amines) is 1. The Balaban J connectivity index is 1.51. The summed E-state index contributed by atoms with van der Waals surface area (Å²) in [7, 11) is 0. The molecule has 0 spiro atoms. The van der Waals surface area contributed by atoms with Crippen molar-refractivity contribution in [2.45, 2.75) is 31.6 Å². The van der Waals surface area contributed by atoms with Gasteiger partial charge in [0, 0.05) is 6.54 Å². The molecule has 2 amide bonds. The van der Waals surface area contributed by atoms with E-state index in [0.717, 1.165) is 19.3 Å². The summed E-state index contributed by atoms with van der Waals surface area (Å²) in [4.78, 5) is 28.6. The molecule has 3 aliphatic rings. The third-order valence-electron chi connectivity index (χ3n) is 4.93. The van der Waals surface area contributed by atoms with Crippen molar-refractivity contribution in [1.82, 2.24) is 4.90 Å². The van der Waals surface area contributed by atoms with E-state index >= 15 is 0 Å². The number of anilines is 1. The number of benzene rings is 1. The second-order valence-electron chi connectivity index (χ2n) is 6.50. The molecule has 0 aliphatic carbocycles. The molecular formula is C18H22N2O5. The number of carbonyl (C=O) groups is 2. The highest BCUT2D eigenvalue weighted by atomic mass is 16.7. The fourth-order valence-electron chi connectivity index (χ4n) is 3.70. The summed E-state index contributed by atoms with van der Waals surface area (Å²) in [6.45, 7) is 1.79. The van der Waals surface area contributed by atoms with Crippen LogP contribution in [0.25, 0.3) is 0 Å². The van der Waals surface area contributed by atoms with Crippen LogP contribution in [0, 0.1) is 0 Å². The average molecular weight is 346 g/mol. The normalized spacial score (nSPS) is 24.2. The second kappa shape index (κ2) is 7.01. The lowest BCUT2D eigenvalue weighted by atomic mass is 10.0. The first-order valence-electron chi connectivity index (χ1n) is 8.79. The first-order chi connectivity index (χ1) is 12.2. The summed E-state index contributed by atoms with van der Waals surface area (Å²) in [5.41, 5.74) is 0.647. The van der Waals surface area contributed by atoms with Crippen molar-refractivity contribution in [3.05, 3.63) is 24.3 Å². The molecule has 1 unspecified atom stereocenters. The lowest BCUT2D eigenvalue weighted by molar-refractivity contribution is -0.149. The number of nitrogens with zero attached hydrogens (tertiary/aromatic N) is 2. The molecule has 7 heteroatoms. The predicted octanol–water partition coefficient (Wildman–Crippen LogP) is 1.17. The smallest absolute Gasteiger partial charge is 0.265 e. The van der Waals surface area contributed by atoms with Crippen LogP contribution < -0.4 is 9.64 Å². The van der Waals surface area contributed by atoms with E-state index in [9.17, 15) is 9.59 Å². The molecule has 134 valence electrons. The zero-order valence-electron chi connectivity index (χ0n) is 14.1. The lowest BCUT2D eigenvalue weighted by Crippen LogP contribution is -2.54. The van der Waals surface area contributed by atoms with Crippen molar-refractivity contribution >= 4 is 17.5 Å². The van der Waals surface area contributed by atoms with Crippen LogP contribution >= 0.6 is 0 Å². The zero-order valence-corrected chi connectivity index (χ0v) is 14.1. The van der Waals surface area contributed by atoms with Crippen LogP contribution in [0.5, 0.6) is 5.75 Å². The van der Waals surface area contributed by atoms with Gasteiger partial charge >= 0.3 is 0 Å². The Labute approximate surface area is 146 Å². The standard InChI is InChI=1S/C18H22N2O5/c21-16(19-8-4-3-6-14(19)18-23-9-10-24-18)11-20-13-5-1-2-7-15(13)25-12-17(20)22/h1-2,5,7,14,18H,3-4,6,8-12H2. The monoisotopic (exact) mass is 346 g/mol. The summed E-state index contributed by atoms with van der Waals surface area (Å²) in [5.74, 6) is 0.357. The van der Waals surface area contributed by atoms with Gasteiger partial charge in [0.15, 0.2) is 12.9 Å². The minimum Gasteiger partial charge on any atom is -0.482 e. The van der Waals surface area contributed by atoms with E-state index in [4.69, 9.17) is 14.2 Å². The Morgan fingerprint density at radius 2 is 1.96 bits per heavy atom. The maximum Gasteiger partial charge on any atom is 0.265 e. The van der Waals surface area contributed by atoms with Crippen LogP contribution in [0.1, 0.15) is 19.3 Å². The van der Waals surface area contributed by atoms with Crippen LogP contribution in [0.2, 0.25) is 0 Å². The van der Waals surface area contributed by atoms with Crippen LogP contribution in [-0.4, -0.2) is 62.0 Å². The molecule has 2 fully saturated rings. The molecule has 4 rings (SSSR count). The summed E-state index contributed by atoms with van der Waals surface area (Å²) in [6, 6.07) is 7.22. The fourth-order valence-corrected chi connectivity index (χ4v) is 3.70. The Kier molecular flexibility index (Phi) is 4.59. The highest BCUT2D eigenvalue weighted by Gasteiger charge is 2.37. The highest BCUT2D eigenvalue weighted by Crippen LogP contribution is 2.32. The molecular weight excluding hydrogens is 324 g/mol. The molecule has 3 aliphatic heterocycles. The van der Waals surface area contributed by atoms with E-state index in [-0.39, 0.29) is 37.3 Å². The number of hydrogen-bond acceptors (Lipinski definition) is 5. The van der Waals surface area contributed by atoms with Gasteiger partial charge in [-0.1, -0.05) is 12.1 Å². The molecule has 0 bridgehead atoms. The number of piperidine rings is 1. The van der Waals surface area contributed by atoms with Crippen LogP contribution in [-0.2, 0) is 19.1 Å². The lowest BCUT2D eigenvalue weighted by Gasteiger charge is -2.39. The van der Waals surface area contributed by atoms with E-state index in [1.165, 1.54) is 4.90 Å². The number of hydrogen-bond donors (Lipinski definition) is 0. The van der Waals surface area contributed by atoms with E-state index in [0.29, 0.717) is 31.2 Å². The topological polar surface area (TPSA) is 68.3 Å². The minimum absolute atomic E-state index is 0.0163. The average Bonchev–Trinajstić information content (AvgIpc) is 3.18. The van der Waals surface area contributed by atoms with Gasteiger partial charge < -0.3 is 19.1 Å². The van der Waals surface area contributed by atoms with Crippen molar-refractivity contribution in [2.24, 2.45) is 0 Å². The molecule has 1 atom stereocenters. The predicted molar refractivity (Wildman–Crippen MR) is 89.3 cm³/mol. The molecule has 7 nitrogen and oxygen atoms in total. The number of carbonyl (C=O) groups excluding carboxylic acids is 2. The van der Waals surface area contributed by atoms with Gasteiger partial charge in [0.2, 0.25) is 5.91 Å². The largest absolute Gasteiger partial charge is 0.482 e. The quantitative estimate of drug-likeness (QED) is 0.822. The number of amides is 2. The molecule has 1 aromatic rings. The summed E-state index contributed by atoms with van der Waals surface area (Å²) >= 11 is 0. The van der Waals surface area contributed by atoms with E-state index in [1.54, 1.807) is 6.07 Å². The number of ether oxygens (including phenoxy) is 3. The second-order valence-corrected chi connectivity index (χ2v) is 6.50. The van der Waals surface area contributed by atoms with Crippen molar-refractivity contribution in [3.63, 3.8) is 0 Å². The van der Waals surface area contributed by atoms with Gasteiger partial charge in [0.1, 0.15) is 12.3 Å². The third-order valence-corrected chi connectivity index (χ3v) is 4.93.